The van der Waals surface area contributed by atoms with Gasteiger partial charge in [0, 0.05) is 6.54 Å². The first-order valence-electron chi connectivity index (χ1n) is 4.50. The monoisotopic (exact) mass is 211 g/mol. The van der Waals surface area contributed by atoms with Crippen molar-refractivity contribution in [3.05, 3.63) is 16.4 Å². The van der Waals surface area contributed by atoms with Gasteiger partial charge in [-0.25, -0.2) is 0 Å². The molecule has 0 aliphatic carbocycles. The van der Waals surface area contributed by atoms with Gasteiger partial charge in [0.2, 0.25) is 0 Å². The first-order chi connectivity index (χ1) is 6.66. The molecule has 4 heteroatoms. The molecule has 0 saturated heterocycles. The number of hydrogen-bond donors (Lipinski definition) is 1. The second-order valence-electron chi connectivity index (χ2n) is 3.09. The summed E-state index contributed by atoms with van der Waals surface area (Å²) in [6, 6.07) is 0. The van der Waals surface area contributed by atoms with Gasteiger partial charge in [-0.2, -0.15) is 5.10 Å². The zero-order valence-electron chi connectivity index (χ0n) is 8.47. The maximum absolute atomic E-state index is 6.00. The molecular weight excluding hydrogens is 198 g/mol. The first-order valence-corrected chi connectivity index (χ1v) is 4.88. The maximum Gasteiger partial charge on any atom is 0.0844 e. The molecule has 0 fully saturated rings. The summed E-state index contributed by atoms with van der Waals surface area (Å²) in [7, 11) is 0. The summed E-state index contributed by atoms with van der Waals surface area (Å²) in [6.45, 7) is 6.06. The zero-order chi connectivity index (χ0) is 10.6. The number of hydrogen-bond acceptors (Lipinski definition) is 2. The van der Waals surface area contributed by atoms with E-state index in [0.29, 0.717) is 6.54 Å². The average Bonchev–Trinajstić information content (AvgIpc) is 2.41. The van der Waals surface area contributed by atoms with Crippen molar-refractivity contribution in [2.24, 2.45) is 0 Å². The summed E-state index contributed by atoms with van der Waals surface area (Å²) < 4.78 is 1.89. The molecule has 0 bridgehead atoms. The smallest absolute Gasteiger partial charge is 0.0844 e. The van der Waals surface area contributed by atoms with E-state index in [4.69, 9.17) is 18.0 Å². The molecule has 14 heavy (non-hydrogen) atoms. The third-order valence-corrected chi connectivity index (χ3v) is 2.57. The van der Waals surface area contributed by atoms with E-state index in [-0.39, 0.29) is 0 Å². The van der Waals surface area contributed by atoms with Crippen molar-refractivity contribution in [1.29, 1.82) is 0 Å². The van der Waals surface area contributed by atoms with Crippen LogP contribution in [0.25, 0.3) is 0 Å². The minimum atomic E-state index is 0.590. The van der Waals surface area contributed by atoms with Crippen molar-refractivity contribution in [2.45, 2.75) is 20.4 Å². The number of halogens is 1. The number of nitrogens with one attached hydrogen (secondary N) is 1. The average molecular weight is 212 g/mol. The Morgan fingerprint density at radius 3 is 2.79 bits per heavy atom. The third-order valence-electron chi connectivity index (χ3n) is 2.02. The van der Waals surface area contributed by atoms with Crippen LogP contribution < -0.4 is 5.32 Å². The van der Waals surface area contributed by atoms with Gasteiger partial charge in [0.05, 0.1) is 29.5 Å². The normalized spacial score (nSPS) is 10.1. The Labute approximate surface area is 89.4 Å². The molecule has 0 radical (unpaired) electrons. The van der Waals surface area contributed by atoms with Crippen LogP contribution in [0.1, 0.15) is 11.4 Å². The van der Waals surface area contributed by atoms with E-state index in [2.05, 4.69) is 16.3 Å². The van der Waals surface area contributed by atoms with Crippen molar-refractivity contribution in [1.82, 2.24) is 15.1 Å². The molecule has 0 unspecified atom stereocenters. The second-order valence-corrected chi connectivity index (χ2v) is 3.47. The molecule has 76 valence electrons. The fourth-order valence-corrected chi connectivity index (χ4v) is 1.37. The first kappa shape index (κ1) is 11.1. The lowest BCUT2D eigenvalue weighted by Crippen LogP contribution is -2.21. The SMILES string of the molecule is C#CCNCCn1nc(C)c(Cl)c1C. The molecule has 0 atom stereocenters. The zero-order valence-corrected chi connectivity index (χ0v) is 9.23. The molecule has 0 aliphatic heterocycles. The van der Waals surface area contributed by atoms with Crippen LogP contribution in [-0.2, 0) is 6.54 Å². The van der Waals surface area contributed by atoms with Gasteiger partial charge in [-0.05, 0) is 13.8 Å². The third kappa shape index (κ3) is 2.50. The Balaban J connectivity index is 2.52. The van der Waals surface area contributed by atoms with E-state index in [1.165, 1.54) is 0 Å². The fraction of sp³-hybridized carbons (Fsp3) is 0.500. The summed E-state index contributed by atoms with van der Waals surface area (Å²) in [4.78, 5) is 0. The summed E-state index contributed by atoms with van der Waals surface area (Å²) in [5, 5.41) is 8.15. The molecule has 0 saturated carbocycles. The lowest BCUT2D eigenvalue weighted by atomic mass is 10.4. The second kappa shape index (κ2) is 5.04. The lowest BCUT2D eigenvalue weighted by molar-refractivity contribution is 0.560. The lowest BCUT2D eigenvalue weighted by Gasteiger charge is -2.03. The molecule has 1 aromatic heterocycles. The number of aromatic nitrogens is 2. The minimum absolute atomic E-state index is 0.590. The van der Waals surface area contributed by atoms with E-state index in [0.717, 1.165) is 29.5 Å². The number of terminal acetylenes is 1. The van der Waals surface area contributed by atoms with Gasteiger partial charge in [-0.3, -0.25) is 4.68 Å². The molecule has 0 amide bonds. The Kier molecular flexibility index (Phi) is 3.99. The Bertz CT molecular complexity index is 349. The van der Waals surface area contributed by atoms with Gasteiger partial charge in [-0.15, -0.1) is 6.42 Å². The van der Waals surface area contributed by atoms with E-state index >= 15 is 0 Å². The van der Waals surface area contributed by atoms with Crippen LogP contribution in [0.5, 0.6) is 0 Å². The summed E-state index contributed by atoms with van der Waals surface area (Å²) in [5.41, 5.74) is 1.88. The van der Waals surface area contributed by atoms with E-state index in [1.54, 1.807) is 0 Å². The van der Waals surface area contributed by atoms with Gasteiger partial charge in [-0.1, -0.05) is 17.5 Å². The van der Waals surface area contributed by atoms with Crippen LogP contribution in [0.4, 0.5) is 0 Å². The van der Waals surface area contributed by atoms with Crippen molar-refractivity contribution >= 4 is 11.6 Å². The molecular formula is C10H14ClN3. The highest BCUT2D eigenvalue weighted by Gasteiger charge is 2.07. The van der Waals surface area contributed by atoms with Gasteiger partial charge in [0.1, 0.15) is 0 Å². The quantitative estimate of drug-likeness (QED) is 0.603. The topological polar surface area (TPSA) is 29.9 Å². The molecule has 3 nitrogen and oxygen atoms in total. The summed E-state index contributed by atoms with van der Waals surface area (Å²) >= 11 is 6.00. The van der Waals surface area contributed by atoms with Crippen molar-refractivity contribution in [3.8, 4) is 12.3 Å². The summed E-state index contributed by atoms with van der Waals surface area (Å²) in [6.07, 6.45) is 5.11. The molecule has 1 rings (SSSR count). The van der Waals surface area contributed by atoms with Crippen molar-refractivity contribution < 1.29 is 0 Å². The highest BCUT2D eigenvalue weighted by molar-refractivity contribution is 6.31. The minimum Gasteiger partial charge on any atom is -0.304 e. The van der Waals surface area contributed by atoms with Gasteiger partial charge >= 0.3 is 0 Å². The Morgan fingerprint density at radius 1 is 1.57 bits per heavy atom. The number of nitrogens with zero attached hydrogens (tertiary/aromatic N) is 2. The Morgan fingerprint density at radius 2 is 2.29 bits per heavy atom. The van der Waals surface area contributed by atoms with Crippen molar-refractivity contribution in [3.63, 3.8) is 0 Å². The highest BCUT2D eigenvalue weighted by atomic mass is 35.5. The van der Waals surface area contributed by atoms with Crippen LogP contribution in [0, 0.1) is 26.2 Å². The van der Waals surface area contributed by atoms with Gasteiger partial charge in [0.25, 0.3) is 0 Å². The van der Waals surface area contributed by atoms with E-state index < -0.39 is 0 Å². The van der Waals surface area contributed by atoms with Crippen LogP contribution in [0.15, 0.2) is 0 Å². The van der Waals surface area contributed by atoms with Crippen LogP contribution in [0.2, 0.25) is 5.02 Å². The van der Waals surface area contributed by atoms with E-state index in [1.807, 2.05) is 18.5 Å². The largest absolute Gasteiger partial charge is 0.304 e. The molecule has 0 aliphatic rings. The fourth-order valence-electron chi connectivity index (χ4n) is 1.24. The highest BCUT2D eigenvalue weighted by Crippen LogP contribution is 2.18. The number of aryl methyl sites for hydroxylation is 1. The molecule has 1 aromatic rings. The predicted octanol–water partition coefficient (Wildman–Crippen LogP) is 1.38. The molecule has 0 aromatic carbocycles. The van der Waals surface area contributed by atoms with Gasteiger partial charge in [0.15, 0.2) is 0 Å². The molecule has 1 heterocycles. The standard InChI is InChI=1S/C10H14ClN3/c1-4-5-12-6-7-14-9(3)10(11)8(2)13-14/h1,12H,5-7H2,2-3H3. The maximum atomic E-state index is 6.00. The number of rotatable bonds is 4. The molecule has 0 spiro atoms. The van der Waals surface area contributed by atoms with Crippen LogP contribution in [0.3, 0.4) is 0 Å². The molecule has 1 N–H and O–H groups in total. The van der Waals surface area contributed by atoms with Crippen LogP contribution >= 0.6 is 11.6 Å². The van der Waals surface area contributed by atoms with Gasteiger partial charge < -0.3 is 5.32 Å². The summed E-state index contributed by atoms with van der Waals surface area (Å²) in [5.74, 6) is 2.52. The van der Waals surface area contributed by atoms with Crippen LogP contribution in [-0.4, -0.2) is 22.9 Å². The predicted molar refractivity (Wildman–Crippen MR) is 58.4 cm³/mol. The van der Waals surface area contributed by atoms with E-state index in [9.17, 15) is 0 Å². The Hall–Kier alpha value is -0.980. The van der Waals surface area contributed by atoms with Crippen molar-refractivity contribution in [2.75, 3.05) is 13.1 Å².